The van der Waals surface area contributed by atoms with E-state index in [1.807, 2.05) is 0 Å². The topological polar surface area (TPSA) is 75.6 Å². The zero-order chi connectivity index (χ0) is 13.0. The highest BCUT2D eigenvalue weighted by molar-refractivity contribution is 5.86. The van der Waals surface area contributed by atoms with Crippen molar-refractivity contribution in [3.63, 3.8) is 0 Å². The summed E-state index contributed by atoms with van der Waals surface area (Å²) in [5.74, 6) is -1.11. The van der Waals surface area contributed by atoms with Crippen LogP contribution in [-0.2, 0) is 14.3 Å². The molecule has 1 aliphatic heterocycles. The molecule has 0 spiro atoms. The summed E-state index contributed by atoms with van der Waals surface area (Å²) in [7, 11) is 0. The predicted molar refractivity (Wildman–Crippen MR) is 65.1 cm³/mol. The summed E-state index contributed by atoms with van der Waals surface area (Å²) >= 11 is 0. The van der Waals surface area contributed by atoms with Crippen molar-refractivity contribution in [2.45, 2.75) is 57.1 Å². The quantitative estimate of drug-likeness (QED) is 0.794. The van der Waals surface area contributed by atoms with Gasteiger partial charge in [-0.2, -0.15) is 0 Å². The summed E-state index contributed by atoms with van der Waals surface area (Å²) in [5.41, 5.74) is 0. The van der Waals surface area contributed by atoms with Crippen LogP contribution in [0.1, 0.15) is 44.9 Å². The molecule has 1 amide bonds. The van der Waals surface area contributed by atoms with Gasteiger partial charge >= 0.3 is 5.97 Å². The van der Waals surface area contributed by atoms with Crippen molar-refractivity contribution < 1.29 is 19.4 Å². The van der Waals surface area contributed by atoms with Crippen LogP contribution in [0, 0.1) is 5.92 Å². The first kappa shape index (κ1) is 13.3. The fourth-order valence-electron chi connectivity index (χ4n) is 2.88. The Labute approximate surface area is 107 Å². The van der Waals surface area contributed by atoms with Gasteiger partial charge in [0.25, 0.3) is 0 Å². The Morgan fingerprint density at radius 2 is 1.83 bits per heavy atom. The molecule has 0 unspecified atom stereocenters. The Morgan fingerprint density at radius 3 is 2.39 bits per heavy atom. The summed E-state index contributed by atoms with van der Waals surface area (Å²) < 4.78 is 5.28. The Kier molecular flexibility index (Phi) is 4.58. The minimum Gasteiger partial charge on any atom is -0.480 e. The van der Waals surface area contributed by atoms with Gasteiger partial charge in [0, 0.05) is 6.61 Å². The maximum absolute atomic E-state index is 11.9. The van der Waals surface area contributed by atoms with E-state index in [9.17, 15) is 14.7 Å². The van der Waals surface area contributed by atoms with E-state index in [-0.39, 0.29) is 11.8 Å². The highest BCUT2D eigenvalue weighted by Crippen LogP contribution is 2.27. The molecule has 1 aliphatic carbocycles. The van der Waals surface area contributed by atoms with E-state index in [0.717, 1.165) is 32.1 Å². The number of carbonyl (C=O) groups is 2. The monoisotopic (exact) mass is 255 g/mol. The van der Waals surface area contributed by atoms with E-state index >= 15 is 0 Å². The van der Waals surface area contributed by atoms with E-state index < -0.39 is 18.1 Å². The highest BCUT2D eigenvalue weighted by atomic mass is 16.5. The predicted octanol–water partition coefficient (Wildman–Crippen LogP) is 1.32. The third-order valence-electron chi connectivity index (χ3n) is 3.91. The number of ether oxygens (including phenoxy) is 1. The van der Waals surface area contributed by atoms with Crippen LogP contribution in [0.25, 0.3) is 0 Å². The average molecular weight is 255 g/mol. The second-order valence-electron chi connectivity index (χ2n) is 5.22. The molecule has 2 atom stereocenters. The van der Waals surface area contributed by atoms with Crippen molar-refractivity contribution in [2.24, 2.45) is 5.92 Å². The Bertz CT molecular complexity index is 306. The van der Waals surface area contributed by atoms with E-state index in [4.69, 9.17) is 4.74 Å². The van der Waals surface area contributed by atoms with E-state index in [1.54, 1.807) is 0 Å². The smallest absolute Gasteiger partial charge is 0.326 e. The molecule has 1 heterocycles. The Morgan fingerprint density at radius 1 is 1.11 bits per heavy atom. The molecule has 2 fully saturated rings. The van der Waals surface area contributed by atoms with Gasteiger partial charge in [-0.05, 0) is 31.6 Å². The lowest BCUT2D eigenvalue weighted by atomic mass is 9.84. The lowest BCUT2D eigenvalue weighted by Crippen LogP contribution is -2.49. The largest absolute Gasteiger partial charge is 0.480 e. The zero-order valence-corrected chi connectivity index (χ0v) is 10.6. The first-order chi connectivity index (χ1) is 8.68. The van der Waals surface area contributed by atoms with Crippen molar-refractivity contribution >= 4 is 11.9 Å². The minimum absolute atomic E-state index is 0.0709. The molecule has 1 saturated carbocycles. The molecule has 0 aromatic rings. The van der Waals surface area contributed by atoms with Gasteiger partial charge in [-0.25, -0.2) is 4.79 Å². The number of hydrogen-bond acceptors (Lipinski definition) is 3. The Hall–Kier alpha value is -1.10. The summed E-state index contributed by atoms with van der Waals surface area (Å²) in [6.07, 6.45) is 6.19. The molecule has 18 heavy (non-hydrogen) atoms. The van der Waals surface area contributed by atoms with E-state index in [0.29, 0.717) is 13.0 Å². The van der Waals surface area contributed by atoms with Gasteiger partial charge in [0.1, 0.15) is 12.1 Å². The van der Waals surface area contributed by atoms with Crippen molar-refractivity contribution in [2.75, 3.05) is 6.61 Å². The van der Waals surface area contributed by atoms with E-state index in [2.05, 4.69) is 5.32 Å². The normalized spacial score (nSPS) is 26.8. The van der Waals surface area contributed by atoms with Crippen molar-refractivity contribution in [3.05, 3.63) is 0 Å². The number of carboxylic acid groups (broad SMARTS) is 1. The molecule has 2 aliphatic rings. The van der Waals surface area contributed by atoms with Crippen molar-refractivity contribution in [1.82, 2.24) is 5.32 Å². The van der Waals surface area contributed by atoms with Crippen LogP contribution in [0.3, 0.4) is 0 Å². The lowest BCUT2D eigenvalue weighted by molar-refractivity contribution is -0.145. The number of hydrogen-bond donors (Lipinski definition) is 2. The lowest BCUT2D eigenvalue weighted by Gasteiger charge is -2.28. The zero-order valence-electron chi connectivity index (χ0n) is 10.6. The van der Waals surface area contributed by atoms with Crippen LogP contribution in [-0.4, -0.2) is 35.7 Å². The van der Waals surface area contributed by atoms with Crippen LogP contribution in [0.4, 0.5) is 0 Å². The van der Waals surface area contributed by atoms with Crippen molar-refractivity contribution in [1.29, 1.82) is 0 Å². The minimum atomic E-state index is -0.923. The molecule has 2 rings (SSSR count). The molecule has 2 N–H and O–H groups in total. The highest BCUT2D eigenvalue weighted by Gasteiger charge is 2.33. The van der Waals surface area contributed by atoms with Crippen LogP contribution in [0.5, 0.6) is 0 Å². The number of nitrogens with one attached hydrogen (secondary N) is 1. The van der Waals surface area contributed by atoms with Gasteiger partial charge in [-0.3, -0.25) is 4.79 Å². The third-order valence-corrected chi connectivity index (χ3v) is 3.91. The van der Waals surface area contributed by atoms with Crippen molar-refractivity contribution in [3.8, 4) is 0 Å². The molecular weight excluding hydrogens is 234 g/mol. The number of rotatable bonds is 4. The number of carboxylic acids is 1. The first-order valence-corrected chi connectivity index (χ1v) is 6.83. The van der Waals surface area contributed by atoms with Gasteiger partial charge in [0.05, 0.1) is 0 Å². The third kappa shape index (κ3) is 3.22. The molecule has 0 bridgehead atoms. The molecule has 0 aromatic heterocycles. The van der Waals surface area contributed by atoms with Crippen LogP contribution < -0.4 is 5.32 Å². The molecule has 102 valence electrons. The molecule has 1 saturated heterocycles. The maximum atomic E-state index is 11.9. The van der Waals surface area contributed by atoms with Gasteiger partial charge < -0.3 is 15.2 Å². The number of aliphatic carboxylic acids is 1. The van der Waals surface area contributed by atoms with Crippen LogP contribution in [0.15, 0.2) is 0 Å². The van der Waals surface area contributed by atoms with Gasteiger partial charge in [-0.15, -0.1) is 0 Å². The fourth-order valence-corrected chi connectivity index (χ4v) is 2.88. The van der Waals surface area contributed by atoms with Crippen LogP contribution in [0.2, 0.25) is 0 Å². The maximum Gasteiger partial charge on any atom is 0.326 e. The number of amides is 1. The SMILES string of the molecule is O=C(N[C@H](C(=O)O)C1CCCCC1)[C@@H]1CCCO1. The second-order valence-corrected chi connectivity index (χ2v) is 5.22. The fraction of sp³-hybridized carbons (Fsp3) is 0.846. The van der Waals surface area contributed by atoms with Gasteiger partial charge in [0.2, 0.25) is 5.91 Å². The standard InChI is InChI=1S/C13H21NO4/c15-12(10-7-4-8-18-10)14-11(13(16)17)9-5-2-1-3-6-9/h9-11H,1-8H2,(H,14,15)(H,16,17)/t10-,11-/m0/s1. The average Bonchev–Trinajstić information content (AvgIpc) is 2.90. The first-order valence-electron chi connectivity index (χ1n) is 6.83. The van der Waals surface area contributed by atoms with Gasteiger partial charge in [0.15, 0.2) is 0 Å². The van der Waals surface area contributed by atoms with Crippen LogP contribution >= 0.6 is 0 Å². The summed E-state index contributed by atoms with van der Waals surface area (Å²) in [6.45, 7) is 0.596. The molecule has 5 nitrogen and oxygen atoms in total. The number of carbonyl (C=O) groups excluding carboxylic acids is 1. The summed E-state index contributed by atoms with van der Waals surface area (Å²) in [5, 5.41) is 11.9. The second kappa shape index (κ2) is 6.18. The Balaban J connectivity index is 1.92. The summed E-state index contributed by atoms with van der Waals surface area (Å²) in [4.78, 5) is 23.2. The summed E-state index contributed by atoms with van der Waals surface area (Å²) in [6, 6.07) is -0.748. The van der Waals surface area contributed by atoms with E-state index in [1.165, 1.54) is 6.42 Å². The van der Waals surface area contributed by atoms with Gasteiger partial charge in [-0.1, -0.05) is 19.3 Å². The molecule has 0 aromatic carbocycles. The molecule has 5 heteroatoms. The molecular formula is C13H21NO4. The molecule has 0 radical (unpaired) electrons.